The van der Waals surface area contributed by atoms with E-state index in [9.17, 15) is 16.8 Å². The van der Waals surface area contributed by atoms with Gasteiger partial charge in [-0.05, 0) is 44.0 Å². The van der Waals surface area contributed by atoms with E-state index in [4.69, 9.17) is 0 Å². The topological polar surface area (TPSA) is 96.4 Å². The quantitative estimate of drug-likeness (QED) is 0.622. The molecule has 1 aromatic carbocycles. The van der Waals surface area contributed by atoms with Gasteiger partial charge < -0.3 is 4.90 Å². The molecule has 0 amide bonds. The first kappa shape index (κ1) is 21.2. The van der Waals surface area contributed by atoms with Gasteiger partial charge in [-0.1, -0.05) is 17.7 Å². The van der Waals surface area contributed by atoms with Gasteiger partial charge in [0.15, 0.2) is 4.21 Å². The highest BCUT2D eigenvalue weighted by atomic mass is 32.2. The van der Waals surface area contributed by atoms with Gasteiger partial charge in [-0.3, -0.25) is 0 Å². The summed E-state index contributed by atoms with van der Waals surface area (Å²) in [4.78, 5) is 7.36. The summed E-state index contributed by atoms with van der Waals surface area (Å²) in [6.07, 6.45) is 4.03. The Labute approximate surface area is 180 Å². The van der Waals surface area contributed by atoms with Crippen molar-refractivity contribution in [2.24, 2.45) is 0 Å². The lowest BCUT2D eigenvalue weighted by Crippen LogP contribution is -2.44. The number of piperidine rings is 1. The van der Waals surface area contributed by atoms with Crippen LogP contribution in [-0.2, 0) is 19.9 Å². The van der Waals surface area contributed by atoms with Gasteiger partial charge in [0.05, 0.1) is 16.8 Å². The van der Waals surface area contributed by atoms with E-state index in [2.05, 4.69) is 9.71 Å². The zero-order chi connectivity index (χ0) is 21.5. The van der Waals surface area contributed by atoms with Crippen LogP contribution in [0.3, 0.4) is 0 Å². The number of fused-ring (bicyclic) bond motifs is 1. The van der Waals surface area contributed by atoms with Crippen LogP contribution in [0, 0.1) is 6.92 Å². The average molecular weight is 466 g/mol. The number of pyridine rings is 1. The highest BCUT2D eigenvalue weighted by molar-refractivity contribution is 7.93. The van der Waals surface area contributed by atoms with Gasteiger partial charge in [0.1, 0.15) is 4.83 Å². The molecule has 10 heteroatoms. The monoisotopic (exact) mass is 465 g/mol. The SMILES string of the molecule is Cc1ccc(S(=O)(=O)c2sc3ncccc3c2N2CCC(NS(C)(=O)=O)CC2)cc1. The van der Waals surface area contributed by atoms with Crippen LogP contribution in [0.5, 0.6) is 0 Å². The molecule has 3 aromatic rings. The van der Waals surface area contributed by atoms with E-state index >= 15 is 0 Å². The summed E-state index contributed by atoms with van der Waals surface area (Å²) in [5, 5.41) is 0.808. The van der Waals surface area contributed by atoms with Crippen LogP contribution in [0.2, 0.25) is 0 Å². The van der Waals surface area contributed by atoms with Crippen LogP contribution >= 0.6 is 11.3 Å². The molecule has 1 aliphatic heterocycles. The lowest BCUT2D eigenvalue weighted by molar-refractivity contribution is 0.461. The maximum Gasteiger partial charge on any atom is 0.218 e. The van der Waals surface area contributed by atoms with Crippen molar-refractivity contribution in [1.29, 1.82) is 0 Å². The molecule has 0 atom stereocenters. The Morgan fingerprint density at radius 3 is 2.37 bits per heavy atom. The van der Waals surface area contributed by atoms with Gasteiger partial charge in [-0.15, -0.1) is 11.3 Å². The molecule has 0 aliphatic carbocycles. The summed E-state index contributed by atoms with van der Waals surface area (Å²) in [5.41, 5.74) is 1.66. The second-order valence-corrected chi connectivity index (χ2v) is 12.5. The molecule has 160 valence electrons. The molecule has 1 N–H and O–H groups in total. The minimum atomic E-state index is -3.71. The number of aromatic nitrogens is 1. The van der Waals surface area contributed by atoms with Crippen LogP contribution in [0.1, 0.15) is 18.4 Å². The summed E-state index contributed by atoms with van der Waals surface area (Å²) in [5.74, 6) is 0. The molecule has 1 aliphatic rings. The highest BCUT2D eigenvalue weighted by Gasteiger charge is 2.31. The van der Waals surface area contributed by atoms with Crippen LogP contribution in [0.15, 0.2) is 51.7 Å². The molecule has 0 spiro atoms. The van der Waals surface area contributed by atoms with Gasteiger partial charge in [0, 0.05) is 30.7 Å². The number of nitrogens with one attached hydrogen (secondary N) is 1. The molecule has 30 heavy (non-hydrogen) atoms. The fourth-order valence-corrected chi connectivity index (χ4v) is 7.64. The molecule has 1 fully saturated rings. The Hall–Kier alpha value is -2.01. The van der Waals surface area contributed by atoms with E-state index in [0.29, 0.717) is 36.4 Å². The van der Waals surface area contributed by atoms with Crippen molar-refractivity contribution in [2.75, 3.05) is 24.2 Å². The maximum absolute atomic E-state index is 13.5. The largest absolute Gasteiger partial charge is 0.369 e. The first-order valence-electron chi connectivity index (χ1n) is 9.57. The summed E-state index contributed by atoms with van der Waals surface area (Å²) < 4.78 is 53.0. The first-order chi connectivity index (χ1) is 14.1. The van der Waals surface area contributed by atoms with Gasteiger partial charge in [-0.2, -0.15) is 0 Å². The zero-order valence-electron chi connectivity index (χ0n) is 16.7. The number of sulfone groups is 1. The molecule has 2 aromatic heterocycles. The molecule has 0 radical (unpaired) electrons. The normalized spacial score (nSPS) is 16.3. The van der Waals surface area contributed by atoms with Crippen molar-refractivity contribution in [3.05, 3.63) is 48.2 Å². The van der Waals surface area contributed by atoms with E-state index in [-0.39, 0.29) is 15.1 Å². The summed E-state index contributed by atoms with van der Waals surface area (Å²) in [7, 11) is -6.99. The van der Waals surface area contributed by atoms with Crippen molar-refractivity contribution in [3.63, 3.8) is 0 Å². The molecule has 0 saturated carbocycles. The number of sulfonamides is 1. The number of rotatable bonds is 5. The molecular weight excluding hydrogens is 442 g/mol. The molecule has 0 unspecified atom stereocenters. The summed E-state index contributed by atoms with van der Waals surface area (Å²) >= 11 is 1.18. The lowest BCUT2D eigenvalue weighted by atomic mass is 10.1. The fraction of sp³-hybridized carbons (Fsp3) is 0.350. The minimum absolute atomic E-state index is 0.142. The Kier molecular flexibility index (Phi) is 5.60. The standard InChI is InChI=1S/C20H23N3O4S3/c1-14-5-7-16(8-6-14)30(26,27)20-18(17-4-3-11-21-19(17)28-20)23-12-9-15(10-13-23)22-29(2,24)25/h3-8,11,15,22H,9-10,12-13H2,1-2H3. The molecule has 4 rings (SSSR count). The number of anilines is 1. The summed E-state index contributed by atoms with van der Waals surface area (Å²) in [6, 6.07) is 10.4. The third-order valence-corrected chi connectivity index (χ3v) is 9.32. The number of hydrogen-bond acceptors (Lipinski definition) is 7. The first-order valence-corrected chi connectivity index (χ1v) is 13.8. The highest BCUT2D eigenvalue weighted by Crippen LogP contribution is 2.43. The predicted octanol–water partition coefficient (Wildman–Crippen LogP) is 2.96. The number of aryl methyl sites for hydroxylation is 1. The Balaban J connectivity index is 1.74. The summed E-state index contributed by atoms with van der Waals surface area (Å²) in [6.45, 7) is 3.04. The second-order valence-electron chi connectivity index (χ2n) is 7.56. The van der Waals surface area contributed by atoms with Gasteiger partial charge in [0.2, 0.25) is 19.9 Å². The van der Waals surface area contributed by atoms with E-state index < -0.39 is 19.9 Å². The van der Waals surface area contributed by atoms with E-state index in [1.807, 2.05) is 17.9 Å². The molecule has 1 saturated heterocycles. The number of benzene rings is 1. The molecule has 3 heterocycles. The molecule has 7 nitrogen and oxygen atoms in total. The van der Waals surface area contributed by atoms with Crippen molar-refractivity contribution in [2.45, 2.75) is 34.9 Å². The molecule has 0 bridgehead atoms. The number of thiophene rings is 1. The minimum Gasteiger partial charge on any atom is -0.369 e. The molecular formula is C20H23N3O4S3. The van der Waals surface area contributed by atoms with Crippen molar-refractivity contribution < 1.29 is 16.8 Å². The zero-order valence-corrected chi connectivity index (χ0v) is 19.1. The van der Waals surface area contributed by atoms with E-state index in [0.717, 1.165) is 17.2 Å². The third-order valence-electron chi connectivity index (χ3n) is 5.18. The van der Waals surface area contributed by atoms with Crippen LogP contribution in [-0.4, -0.2) is 47.2 Å². The average Bonchev–Trinajstić information content (AvgIpc) is 3.08. The third kappa shape index (κ3) is 4.22. The predicted molar refractivity (Wildman–Crippen MR) is 119 cm³/mol. The van der Waals surface area contributed by atoms with Crippen molar-refractivity contribution in [1.82, 2.24) is 9.71 Å². The second kappa shape index (κ2) is 7.92. The van der Waals surface area contributed by atoms with Gasteiger partial charge in [0.25, 0.3) is 0 Å². The maximum atomic E-state index is 13.5. The Morgan fingerprint density at radius 2 is 1.73 bits per heavy atom. The van der Waals surface area contributed by atoms with E-state index in [1.54, 1.807) is 36.5 Å². The number of hydrogen-bond donors (Lipinski definition) is 1. The smallest absolute Gasteiger partial charge is 0.218 e. The van der Waals surface area contributed by atoms with Crippen LogP contribution < -0.4 is 9.62 Å². The van der Waals surface area contributed by atoms with Crippen molar-refractivity contribution >= 4 is 47.1 Å². The lowest BCUT2D eigenvalue weighted by Gasteiger charge is -2.33. The number of nitrogens with zero attached hydrogens (tertiary/aromatic N) is 2. The van der Waals surface area contributed by atoms with Crippen LogP contribution in [0.4, 0.5) is 5.69 Å². The van der Waals surface area contributed by atoms with E-state index in [1.165, 1.54) is 11.3 Å². The van der Waals surface area contributed by atoms with Crippen LogP contribution in [0.25, 0.3) is 10.2 Å². The Morgan fingerprint density at radius 1 is 1.07 bits per heavy atom. The Bertz CT molecular complexity index is 1270. The van der Waals surface area contributed by atoms with Gasteiger partial charge in [-0.25, -0.2) is 26.5 Å². The fourth-order valence-electron chi connectivity index (χ4n) is 3.73. The van der Waals surface area contributed by atoms with Crippen molar-refractivity contribution in [3.8, 4) is 0 Å². The van der Waals surface area contributed by atoms with Gasteiger partial charge >= 0.3 is 0 Å².